The lowest BCUT2D eigenvalue weighted by Gasteiger charge is -1.89. The Kier molecular flexibility index (Phi) is 1.88. The van der Waals surface area contributed by atoms with Crippen molar-refractivity contribution in [2.75, 3.05) is 19.8 Å². The number of hydrogen-bond acceptors (Lipinski definition) is 2. The highest BCUT2D eigenvalue weighted by Crippen LogP contribution is 1.86. The first-order valence-corrected chi connectivity index (χ1v) is 2.47. The number of aliphatic imine (C=N–C) groups is 1. The van der Waals surface area contributed by atoms with E-state index < -0.39 is 0 Å². The predicted molar refractivity (Wildman–Crippen MR) is 27.7 cm³/mol. The van der Waals surface area contributed by atoms with E-state index in [0.29, 0.717) is 6.61 Å². The van der Waals surface area contributed by atoms with E-state index in [1.54, 1.807) is 0 Å². The number of hydrogen-bond donors (Lipinski definition) is 0. The monoisotopic (exact) mass is 98.1 g/mol. The van der Waals surface area contributed by atoms with Crippen molar-refractivity contribution in [3.8, 4) is 0 Å². The van der Waals surface area contributed by atoms with Gasteiger partial charge in [-0.05, 0) is 6.42 Å². The Morgan fingerprint density at radius 3 is 3.57 bits per heavy atom. The molecule has 2 nitrogen and oxygen atoms in total. The zero-order valence-electron chi connectivity index (χ0n) is 4.18. The summed E-state index contributed by atoms with van der Waals surface area (Å²) >= 11 is 0. The molecule has 0 bridgehead atoms. The first kappa shape index (κ1) is 4.78. The van der Waals surface area contributed by atoms with Crippen molar-refractivity contribution in [1.29, 1.82) is 0 Å². The lowest BCUT2D eigenvalue weighted by atomic mass is 10.5. The van der Waals surface area contributed by atoms with Crippen LogP contribution in [-0.2, 0) is 4.74 Å². The molecule has 0 N–H and O–H groups in total. The highest BCUT2D eigenvalue weighted by Gasteiger charge is 1.89. The van der Waals surface area contributed by atoms with Crippen LogP contribution in [0.3, 0.4) is 0 Å². The summed E-state index contributed by atoms with van der Waals surface area (Å²) < 4.78 is 4.99. The van der Waals surface area contributed by atoms with Crippen LogP contribution >= 0.6 is 0 Å². The van der Waals surface area contributed by atoms with Crippen molar-refractivity contribution in [1.82, 2.24) is 0 Å². The van der Waals surface area contributed by atoms with E-state index in [9.17, 15) is 0 Å². The second-order valence-electron chi connectivity index (χ2n) is 1.45. The summed E-state index contributed by atoms with van der Waals surface area (Å²) in [5.74, 6) is 0. The van der Waals surface area contributed by atoms with Gasteiger partial charge in [0.2, 0.25) is 0 Å². The van der Waals surface area contributed by atoms with E-state index in [1.165, 1.54) is 0 Å². The minimum absolute atomic E-state index is 0.583. The molecule has 0 spiro atoms. The maximum atomic E-state index is 4.99. The maximum absolute atomic E-state index is 4.99. The summed E-state index contributed by atoms with van der Waals surface area (Å²) in [5.41, 5.74) is 0. The van der Waals surface area contributed by atoms with Gasteiger partial charge in [0, 0.05) is 13.2 Å². The summed E-state index contributed by atoms with van der Waals surface area (Å²) in [5, 5.41) is 0. The smallest absolute Gasteiger partial charge is 0.0902 e. The minimum atomic E-state index is 0.583. The van der Waals surface area contributed by atoms with Gasteiger partial charge < -0.3 is 4.74 Å². The third-order valence-electron chi connectivity index (χ3n) is 0.837. The summed E-state index contributed by atoms with van der Waals surface area (Å²) in [4.78, 5) is 3.90. The molecule has 0 aliphatic carbocycles. The van der Waals surface area contributed by atoms with Crippen molar-refractivity contribution >= 4 is 6.21 Å². The molecule has 0 aromatic rings. The van der Waals surface area contributed by atoms with Crippen molar-refractivity contribution in [2.45, 2.75) is 6.42 Å². The zero-order valence-corrected chi connectivity index (χ0v) is 4.18. The van der Waals surface area contributed by atoms with Crippen LogP contribution in [0.5, 0.6) is 0 Å². The van der Waals surface area contributed by atoms with Crippen LogP contribution in [0.2, 0.25) is 0 Å². The molecule has 0 unspecified atom stereocenters. The standard InChI is InChI=1S/C5H8NO/c1-2-6-3-5-7-4-1/h1-2,4-5H2. The van der Waals surface area contributed by atoms with Gasteiger partial charge >= 0.3 is 0 Å². The lowest BCUT2D eigenvalue weighted by Crippen LogP contribution is -1.92. The fourth-order valence-electron chi connectivity index (χ4n) is 0.488. The highest BCUT2D eigenvalue weighted by molar-refractivity contribution is 5.58. The molecule has 0 saturated carbocycles. The molecule has 2 heteroatoms. The van der Waals surface area contributed by atoms with Gasteiger partial charge in [-0.2, -0.15) is 0 Å². The van der Waals surface area contributed by atoms with E-state index in [1.807, 2.05) is 0 Å². The van der Waals surface area contributed by atoms with Crippen LogP contribution in [0.4, 0.5) is 0 Å². The van der Waals surface area contributed by atoms with Crippen molar-refractivity contribution in [3.63, 3.8) is 0 Å². The Morgan fingerprint density at radius 2 is 2.57 bits per heavy atom. The molecular formula is C5H8NO. The van der Waals surface area contributed by atoms with Crippen LogP contribution in [0.15, 0.2) is 4.99 Å². The Labute approximate surface area is 43.2 Å². The van der Waals surface area contributed by atoms with Crippen LogP contribution < -0.4 is 0 Å². The minimum Gasteiger partial charge on any atom is -0.375 e. The number of nitrogens with zero attached hydrogens (tertiary/aromatic N) is 1. The van der Waals surface area contributed by atoms with Gasteiger partial charge in [0.15, 0.2) is 0 Å². The van der Waals surface area contributed by atoms with Gasteiger partial charge in [-0.25, -0.2) is 0 Å². The molecule has 1 aliphatic heterocycles. The summed E-state index contributed by atoms with van der Waals surface area (Å²) in [7, 11) is 0. The van der Waals surface area contributed by atoms with Gasteiger partial charge in [-0.3, -0.25) is 4.99 Å². The second-order valence-corrected chi connectivity index (χ2v) is 1.45. The second kappa shape index (κ2) is 2.75. The van der Waals surface area contributed by atoms with Gasteiger partial charge in [0.1, 0.15) is 0 Å². The molecule has 0 fully saturated rings. The Morgan fingerprint density at radius 1 is 1.57 bits per heavy atom. The Bertz CT molecular complexity index is 62.5. The lowest BCUT2D eigenvalue weighted by molar-refractivity contribution is 0.177. The van der Waals surface area contributed by atoms with Crippen molar-refractivity contribution < 1.29 is 4.74 Å². The van der Waals surface area contributed by atoms with E-state index in [4.69, 9.17) is 4.74 Å². The Hall–Kier alpha value is -0.370. The van der Waals surface area contributed by atoms with Crippen LogP contribution in [0.1, 0.15) is 6.42 Å². The van der Waals surface area contributed by atoms with Gasteiger partial charge in [0.25, 0.3) is 0 Å². The van der Waals surface area contributed by atoms with Crippen LogP contribution in [-0.4, -0.2) is 26.0 Å². The van der Waals surface area contributed by atoms with E-state index in [-0.39, 0.29) is 0 Å². The molecule has 1 heterocycles. The van der Waals surface area contributed by atoms with E-state index in [0.717, 1.165) is 19.6 Å². The fourth-order valence-corrected chi connectivity index (χ4v) is 0.488. The molecule has 0 saturated heterocycles. The SMILES string of the molecule is [C]1=NCCCOC1. The van der Waals surface area contributed by atoms with Gasteiger partial charge in [0.05, 0.1) is 12.8 Å². The topological polar surface area (TPSA) is 21.6 Å². The van der Waals surface area contributed by atoms with E-state index >= 15 is 0 Å². The summed E-state index contributed by atoms with van der Waals surface area (Å²) in [6, 6.07) is 0. The molecule has 0 aromatic carbocycles. The van der Waals surface area contributed by atoms with E-state index in [2.05, 4.69) is 11.2 Å². The Balaban J connectivity index is 2.20. The average molecular weight is 98.1 g/mol. The zero-order chi connectivity index (χ0) is 4.95. The number of ether oxygens (including phenoxy) is 1. The summed E-state index contributed by atoms with van der Waals surface area (Å²) in [6.45, 7) is 2.32. The molecule has 0 aromatic heterocycles. The van der Waals surface area contributed by atoms with Crippen molar-refractivity contribution in [2.24, 2.45) is 4.99 Å². The maximum Gasteiger partial charge on any atom is 0.0902 e. The molecule has 1 aliphatic rings. The first-order valence-electron chi connectivity index (χ1n) is 2.47. The third-order valence-corrected chi connectivity index (χ3v) is 0.837. The molecule has 1 rings (SSSR count). The normalized spacial score (nSPS) is 21.7. The largest absolute Gasteiger partial charge is 0.375 e. The van der Waals surface area contributed by atoms with Crippen LogP contribution in [0.25, 0.3) is 0 Å². The highest BCUT2D eigenvalue weighted by atomic mass is 16.5. The molecule has 0 atom stereocenters. The summed E-state index contributed by atoms with van der Waals surface area (Å²) in [6.07, 6.45) is 3.80. The molecule has 1 radical (unpaired) electrons. The molecular weight excluding hydrogens is 90.1 g/mol. The molecule has 39 valence electrons. The quantitative estimate of drug-likeness (QED) is 0.428. The van der Waals surface area contributed by atoms with Gasteiger partial charge in [-0.15, -0.1) is 0 Å². The number of rotatable bonds is 0. The molecule has 0 amide bonds. The average Bonchev–Trinajstić information content (AvgIpc) is 1.90. The predicted octanol–water partition coefficient (Wildman–Crippen LogP) is 0.355. The first-order chi connectivity index (χ1) is 3.50. The van der Waals surface area contributed by atoms with Crippen molar-refractivity contribution in [3.05, 3.63) is 0 Å². The molecule has 7 heavy (non-hydrogen) atoms. The third kappa shape index (κ3) is 1.69. The van der Waals surface area contributed by atoms with Gasteiger partial charge in [-0.1, -0.05) is 0 Å². The fraction of sp³-hybridized carbons (Fsp3) is 0.800. The van der Waals surface area contributed by atoms with Crippen LogP contribution in [0, 0.1) is 0 Å².